The van der Waals surface area contributed by atoms with E-state index in [2.05, 4.69) is 56.3 Å². The zero-order valence-corrected chi connectivity index (χ0v) is 19.6. The molecule has 0 spiro atoms. The van der Waals surface area contributed by atoms with Crippen molar-refractivity contribution in [2.45, 2.75) is 56.5 Å². The molecule has 1 aliphatic rings. The number of hydrogen-bond donors (Lipinski definition) is 0. The van der Waals surface area contributed by atoms with E-state index < -0.39 is 0 Å². The fourth-order valence-electron chi connectivity index (χ4n) is 4.43. The molecule has 2 aromatic heterocycles. The summed E-state index contributed by atoms with van der Waals surface area (Å²) in [5, 5.41) is 23.2. The molecule has 2 aromatic carbocycles. The van der Waals surface area contributed by atoms with Gasteiger partial charge in [-0.1, -0.05) is 66.5 Å². The molecule has 32 heavy (non-hydrogen) atoms. The second kappa shape index (κ2) is 9.03. The number of nitrogens with zero attached hydrogens (tertiary/aromatic N) is 7. The van der Waals surface area contributed by atoms with Gasteiger partial charge in [-0.25, -0.2) is 0 Å². The van der Waals surface area contributed by atoms with Crippen LogP contribution in [0.2, 0.25) is 5.02 Å². The Morgan fingerprint density at radius 2 is 1.72 bits per heavy atom. The number of aryl methyl sites for hydroxylation is 2. The summed E-state index contributed by atoms with van der Waals surface area (Å²) in [5.74, 6) is 2.21. The summed E-state index contributed by atoms with van der Waals surface area (Å²) in [6, 6.07) is 14.4. The molecule has 0 N–H and O–H groups in total. The van der Waals surface area contributed by atoms with Crippen molar-refractivity contribution in [3.05, 3.63) is 64.4 Å². The van der Waals surface area contributed by atoms with E-state index in [1.807, 2.05) is 35.0 Å². The van der Waals surface area contributed by atoms with Gasteiger partial charge in [-0.2, -0.15) is 4.68 Å². The van der Waals surface area contributed by atoms with Crippen LogP contribution in [0, 0.1) is 13.8 Å². The van der Waals surface area contributed by atoms with Gasteiger partial charge in [-0.3, -0.25) is 4.57 Å². The molecular weight excluding hydrogens is 442 g/mol. The first-order valence-corrected chi connectivity index (χ1v) is 12.2. The monoisotopic (exact) mass is 465 g/mol. The van der Waals surface area contributed by atoms with Gasteiger partial charge >= 0.3 is 0 Å². The molecule has 1 fully saturated rings. The van der Waals surface area contributed by atoms with Gasteiger partial charge in [0.2, 0.25) is 0 Å². The van der Waals surface area contributed by atoms with Crippen LogP contribution in [0.5, 0.6) is 0 Å². The summed E-state index contributed by atoms with van der Waals surface area (Å²) in [7, 11) is 0. The lowest BCUT2D eigenvalue weighted by atomic mass is 10.1. The van der Waals surface area contributed by atoms with Gasteiger partial charge in [0.15, 0.2) is 16.8 Å². The van der Waals surface area contributed by atoms with Gasteiger partial charge in [-0.15, -0.1) is 15.3 Å². The van der Waals surface area contributed by atoms with Crippen molar-refractivity contribution in [1.82, 2.24) is 35.0 Å². The number of halogens is 1. The molecule has 0 atom stereocenters. The summed E-state index contributed by atoms with van der Waals surface area (Å²) in [6.45, 7) is 4.15. The summed E-state index contributed by atoms with van der Waals surface area (Å²) in [6.07, 6.45) is 4.70. The number of benzene rings is 2. The van der Waals surface area contributed by atoms with Crippen LogP contribution in [-0.2, 0) is 5.75 Å². The molecule has 0 amide bonds. The van der Waals surface area contributed by atoms with Crippen molar-refractivity contribution in [1.29, 1.82) is 0 Å². The lowest BCUT2D eigenvalue weighted by Gasteiger charge is -2.17. The topological polar surface area (TPSA) is 74.3 Å². The Hall–Kier alpha value is -2.71. The molecule has 0 bridgehead atoms. The molecule has 5 rings (SSSR count). The highest BCUT2D eigenvalue weighted by atomic mass is 35.5. The number of para-hydroxylation sites is 1. The number of tetrazole rings is 1. The molecule has 2 heterocycles. The molecule has 4 aromatic rings. The Kier molecular flexibility index (Phi) is 5.97. The van der Waals surface area contributed by atoms with Crippen LogP contribution in [0.4, 0.5) is 0 Å². The molecule has 9 heteroatoms. The summed E-state index contributed by atoms with van der Waals surface area (Å²) in [5.41, 5.74) is 4.22. The van der Waals surface area contributed by atoms with Gasteiger partial charge in [0, 0.05) is 11.6 Å². The molecule has 0 aliphatic heterocycles. The van der Waals surface area contributed by atoms with Crippen LogP contribution in [0.15, 0.2) is 47.6 Å². The maximum Gasteiger partial charge on any atom is 0.192 e. The van der Waals surface area contributed by atoms with Crippen LogP contribution in [0.25, 0.3) is 17.1 Å². The van der Waals surface area contributed by atoms with Gasteiger partial charge in [0.1, 0.15) is 0 Å². The second-order valence-corrected chi connectivity index (χ2v) is 9.48. The zero-order valence-electron chi connectivity index (χ0n) is 18.1. The van der Waals surface area contributed by atoms with Crippen molar-refractivity contribution < 1.29 is 0 Å². The minimum absolute atomic E-state index is 0.383. The highest BCUT2D eigenvalue weighted by Crippen LogP contribution is 2.38. The Morgan fingerprint density at radius 3 is 2.47 bits per heavy atom. The van der Waals surface area contributed by atoms with Crippen molar-refractivity contribution in [3.8, 4) is 17.1 Å². The third kappa shape index (κ3) is 3.93. The van der Waals surface area contributed by atoms with E-state index in [-0.39, 0.29) is 0 Å². The first kappa shape index (κ1) is 21.2. The smallest absolute Gasteiger partial charge is 0.192 e. The average molecular weight is 466 g/mol. The Labute approximate surface area is 196 Å². The van der Waals surface area contributed by atoms with Gasteiger partial charge in [0.25, 0.3) is 0 Å². The molecule has 1 aliphatic carbocycles. The van der Waals surface area contributed by atoms with Crippen LogP contribution in [0.1, 0.15) is 48.7 Å². The SMILES string of the molecule is Cc1cccc(C)c1-n1nnnc1CSc1nnc(-c2ccccc2Cl)n1C1CCCC1. The molecule has 7 nitrogen and oxygen atoms in total. The van der Waals surface area contributed by atoms with Crippen molar-refractivity contribution >= 4 is 23.4 Å². The highest BCUT2D eigenvalue weighted by molar-refractivity contribution is 7.98. The van der Waals surface area contributed by atoms with E-state index in [9.17, 15) is 0 Å². The lowest BCUT2D eigenvalue weighted by Crippen LogP contribution is -2.09. The first-order chi connectivity index (χ1) is 15.6. The molecule has 0 radical (unpaired) electrons. The van der Waals surface area contributed by atoms with E-state index in [0.29, 0.717) is 16.8 Å². The van der Waals surface area contributed by atoms with Gasteiger partial charge < -0.3 is 0 Å². The Bertz CT molecular complexity index is 1220. The largest absolute Gasteiger partial charge is 0.299 e. The zero-order chi connectivity index (χ0) is 22.1. The normalized spacial score (nSPS) is 14.3. The molecular formula is C23H24ClN7S. The average Bonchev–Trinajstić information content (AvgIpc) is 3.53. The lowest BCUT2D eigenvalue weighted by molar-refractivity contribution is 0.485. The minimum Gasteiger partial charge on any atom is -0.299 e. The third-order valence-electron chi connectivity index (χ3n) is 5.98. The Balaban J connectivity index is 1.48. The standard InChI is InChI=1S/C23H24ClN7S/c1-15-8-7-9-16(2)21(15)31-20(25-28-29-31)14-32-23-27-26-22(18-12-5-6-13-19(18)24)30(23)17-10-3-4-11-17/h5-9,12-13,17H,3-4,10-11,14H2,1-2H3. The first-order valence-electron chi connectivity index (χ1n) is 10.8. The van der Waals surface area contributed by atoms with Crippen LogP contribution < -0.4 is 0 Å². The summed E-state index contributed by atoms with van der Waals surface area (Å²) < 4.78 is 4.11. The van der Waals surface area contributed by atoms with E-state index in [0.717, 1.165) is 52.0 Å². The quantitative estimate of drug-likeness (QED) is 0.345. The molecule has 0 unspecified atom stereocenters. The predicted octanol–water partition coefficient (Wildman–Crippen LogP) is 5.60. The molecule has 164 valence electrons. The summed E-state index contributed by atoms with van der Waals surface area (Å²) in [4.78, 5) is 0. The highest BCUT2D eigenvalue weighted by Gasteiger charge is 2.26. The number of thioether (sulfide) groups is 1. The van der Waals surface area contributed by atoms with Crippen LogP contribution in [0.3, 0.4) is 0 Å². The molecule has 1 saturated carbocycles. The third-order valence-corrected chi connectivity index (χ3v) is 7.25. The van der Waals surface area contributed by atoms with Crippen LogP contribution in [-0.4, -0.2) is 35.0 Å². The van der Waals surface area contributed by atoms with E-state index >= 15 is 0 Å². The number of aromatic nitrogens is 7. The summed E-state index contributed by atoms with van der Waals surface area (Å²) >= 11 is 8.12. The van der Waals surface area contributed by atoms with E-state index in [1.165, 1.54) is 12.8 Å². The molecule has 0 saturated heterocycles. The van der Waals surface area contributed by atoms with Gasteiger partial charge in [-0.05, 0) is 60.4 Å². The van der Waals surface area contributed by atoms with E-state index in [1.54, 1.807) is 11.8 Å². The predicted molar refractivity (Wildman–Crippen MR) is 126 cm³/mol. The van der Waals surface area contributed by atoms with Crippen molar-refractivity contribution in [3.63, 3.8) is 0 Å². The van der Waals surface area contributed by atoms with Crippen molar-refractivity contribution in [2.24, 2.45) is 0 Å². The fraction of sp³-hybridized carbons (Fsp3) is 0.348. The van der Waals surface area contributed by atoms with Crippen LogP contribution >= 0.6 is 23.4 Å². The number of hydrogen-bond acceptors (Lipinski definition) is 6. The minimum atomic E-state index is 0.383. The van der Waals surface area contributed by atoms with Crippen molar-refractivity contribution in [2.75, 3.05) is 0 Å². The maximum atomic E-state index is 6.51. The Morgan fingerprint density at radius 1 is 0.969 bits per heavy atom. The maximum absolute atomic E-state index is 6.51. The van der Waals surface area contributed by atoms with E-state index in [4.69, 9.17) is 11.6 Å². The van der Waals surface area contributed by atoms with Gasteiger partial charge in [0.05, 0.1) is 16.5 Å². The second-order valence-electron chi connectivity index (χ2n) is 8.13. The fourth-order valence-corrected chi connectivity index (χ4v) is 5.56. The number of rotatable bonds is 6.